The molecule has 0 aliphatic carbocycles. The second-order valence-electron chi connectivity index (χ2n) is 4.40. The monoisotopic (exact) mass is 328 g/mol. The Morgan fingerprint density at radius 3 is 2.81 bits per heavy atom. The van der Waals surface area contributed by atoms with Gasteiger partial charge in [0.25, 0.3) is 11.1 Å². The number of aromatic nitrogens is 2. The smallest absolute Gasteiger partial charge is 0.290 e. The van der Waals surface area contributed by atoms with Crippen LogP contribution in [0.4, 0.5) is 4.79 Å². The molecule has 0 aromatic carbocycles. The van der Waals surface area contributed by atoms with Gasteiger partial charge in [-0.25, -0.2) is 4.98 Å². The number of hydrogen-bond acceptors (Lipinski definition) is 7. The molecule has 2 heterocycles. The van der Waals surface area contributed by atoms with Crippen molar-refractivity contribution in [2.24, 2.45) is 0 Å². The van der Waals surface area contributed by atoms with Crippen LogP contribution in [0.1, 0.15) is 5.69 Å². The zero-order valence-corrected chi connectivity index (χ0v) is 13.0. The van der Waals surface area contributed by atoms with Gasteiger partial charge in [0.1, 0.15) is 6.61 Å². The highest BCUT2D eigenvalue weighted by molar-refractivity contribution is 8.18. The standard InChI is InChI=1S/C12H13ClN4O3S/c1-17(2)3-4-20-9-6-7(14-11(13)15-9)5-8-10(18)16-12(19)21-8/h5-6H,3-4H2,1-2H3,(H,16,18,19)/b8-5+. The first-order valence-electron chi connectivity index (χ1n) is 6.01. The number of ether oxygens (including phenoxy) is 1. The lowest BCUT2D eigenvalue weighted by Crippen LogP contribution is -2.19. The first kappa shape index (κ1) is 15.7. The van der Waals surface area contributed by atoms with E-state index in [9.17, 15) is 9.59 Å². The third kappa shape index (κ3) is 4.69. The van der Waals surface area contributed by atoms with E-state index in [2.05, 4.69) is 15.3 Å². The first-order chi connectivity index (χ1) is 9.94. The molecule has 7 nitrogen and oxygen atoms in total. The van der Waals surface area contributed by atoms with E-state index in [1.807, 2.05) is 19.0 Å². The number of thioether (sulfide) groups is 1. The van der Waals surface area contributed by atoms with Gasteiger partial charge >= 0.3 is 0 Å². The molecule has 9 heteroatoms. The van der Waals surface area contributed by atoms with Crippen molar-refractivity contribution in [3.63, 3.8) is 0 Å². The van der Waals surface area contributed by atoms with Gasteiger partial charge in [0.2, 0.25) is 11.2 Å². The first-order valence-corrected chi connectivity index (χ1v) is 7.20. The highest BCUT2D eigenvalue weighted by atomic mass is 35.5. The summed E-state index contributed by atoms with van der Waals surface area (Å²) in [5.74, 6) is -0.131. The van der Waals surface area contributed by atoms with Crippen molar-refractivity contribution in [1.82, 2.24) is 20.2 Å². The second-order valence-corrected chi connectivity index (χ2v) is 5.76. The number of rotatable bonds is 5. The lowest BCUT2D eigenvalue weighted by molar-refractivity contribution is -0.115. The predicted molar refractivity (Wildman–Crippen MR) is 80.2 cm³/mol. The number of nitrogens with zero attached hydrogens (tertiary/aromatic N) is 3. The van der Waals surface area contributed by atoms with Gasteiger partial charge in [0.05, 0.1) is 10.6 Å². The Hall–Kier alpha value is -1.64. The van der Waals surface area contributed by atoms with Crippen LogP contribution in [-0.2, 0) is 4.79 Å². The fourth-order valence-electron chi connectivity index (χ4n) is 1.45. The quantitative estimate of drug-likeness (QED) is 0.646. The van der Waals surface area contributed by atoms with Gasteiger partial charge < -0.3 is 9.64 Å². The fraction of sp³-hybridized carbons (Fsp3) is 0.333. The van der Waals surface area contributed by atoms with Crippen LogP contribution in [0.25, 0.3) is 6.08 Å². The van der Waals surface area contributed by atoms with Gasteiger partial charge in [-0.2, -0.15) is 4.98 Å². The summed E-state index contributed by atoms with van der Waals surface area (Å²) in [5, 5.41) is 1.77. The van der Waals surface area contributed by atoms with E-state index in [0.29, 0.717) is 18.2 Å². The van der Waals surface area contributed by atoms with Crippen molar-refractivity contribution in [1.29, 1.82) is 0 Å². The summed E-state index contributed by atoms with van der Waals surface area (Å²) in [6.07, 6.45) is 1.47. The molecule has 1 aromatic heterocycles. The molecule has 1 N–H and O–H groups in total. The van der Waals surface area contributed by atoms with Crippen molar-refractivity contribution >= 4 is 40.6 Å². The number of carbonyl (C=O) groups is 2. The molecule has 2 amide bonds. The van der Waals surface area contributed by atoms with Gasteiger partial charge in [-0.3, -0.25) is 14.9 Å². The van der Waals surface area contributed by atoms with E-state index in [1.54, 1.807) is 6.07 Å². The summed E-state index contributed by atoms with van der Waals surface area (Å²) in [7, 11) is 3.86. The number of imide groups is 1. The Balaban J connectivity index is 2.13. The van der Waals surface area contributed by atoms with Crippen LogP contribution in [-0.4, -0.2) is 53.3 Å². The lowest BCUT2D eigenvalue weighted by atomic mass is 10.3. The van der Waals surface area contributed by atoms with E-state index < -0.39 is 11.1 Å². The Bertz CT molecular complexity index is 606. The molecule has 0 radical (unpaired) electrons. The second kappa shape index (κ2) is 6.88. The Kier molecular flexibility index (Phi) is 5.16. The summed E-state index contributed by atoms with van der Waals surface area (Å²) in [4.78, 5) is 32.7. The number of hydrogen-bond donors (Lipinski definition) is 1. The van der Waals surface area contributed by atoms with Gasteiger partial charge in [0.15, 0.2) is 0 Å². The zero-order valence-electron chi connectivity index (χ0n) is 11.4. The SMILES string of the molecule is CN(C)CCOc1cc(/C=C2/SC(=O)NC2=O)nc(Cl)n1. The van der Waals surface area contributed by atoms with E-state index in [1.165, 1.54) is 6.08 Å². The van der Waals surface area contributed by atoms with Gasteiger partial charge in [-0.05, 0) is 43.5 Å². The Morgan fingerprint density at radius 2 is 2.19 bits per heavy atom. The molecule has 0 bridgehead atoms. The Morgan fingerprint density at radius 1 is 1.43 bits per heavy atom. The van der Waals surface area contributed by atoms with E-state index >= 15 is 0 Å². The molecule has 0 spiro atoms. The lowest BCUT2D eigenvalue weighted by Gasteiger charge is -2.10. The summed E-state index contributed by atoms with van der Waals surface area (Å²) < 4.78 is 5.47. The normalized spacial score (nSPS) is 16.7. The van der Waals surface area contributed by atoms with Crippen molar-refractivity contribution in [3.8, 4) is 5.88 Å². The van der Waals surface area contributed by atoms with Crippen LogP contribution in [0.3, 0.4) is 0 Å². The Labute approximate surface area is 130 Å². The van der Waals surface area contributed by atoms with Crippen LogP contribution in [0.5, 0.6) is 5.88 Å². The maximum atomic E-state index is 11.5. The van der Waals surface area contributed by atoms with E-state index in [0.717, 1.165) is 18.3 Å². The van der Waals surface area contributed by atoms with Crippen LogP contribution in [0, 0.1) is 0 Å². The van der Waals surface area contributed by atoms with E-state index in [4.69, 9.17) is 16.3 Å². The summed E-state index contributed by atoms with van der Waals surface area (Å²) in [5.41, 5.74) is 0.405. The topological polar surface area (TPSA) is 84.4 Å². The van der Waals surface area contributed by atoms with Crippen LogP contribution in [0.2, 0.25) is 5.28 Å². The average molecular weight is 329 g/mol. The van der Waals surface area contributed by atoms with Crippen LogP contribution in [0.15, 0.2) is 11.0 Å². The minimum Gasteiger partial charge on any atom is -0.476 e. The average Bonchev–Trinajstić information content (AvgIpc) is 2.66. The maximum Gasteiger partial charge on any atom is 0.290 e. The largest absolute Gasteiger partial charge is 0.476 e. The van der Waals surface area contributed by atoms with Gasteiger partial charge in [-0.1, -0.05) is 0 Å². The highest BCUT2D eigenvalue weighted by Crippen LogP contribution is 2.26. The molecular weight excluding hydrogens is 316 g/mol. The number of halogens is 1. The molecule has 1 aromatic rings. The van der Waals surface area contributed by atoms with Crippen molar-refractivity contribution in [2.45, 2.75) is 0 Å². The summed E-state index contributed by atoms with van der Waals surface area (Å²) >= 11 is 6.64. The third-order valence-electron chi connectivity index (χ3n) is 2.40. The maximum absolute atomic E-state index is 11.5. The van der Waals surface area contributed by atoms with Gasteiger partial charge in [0, 0.05) is 12.6 Å². The molecule has 21 heavy (non-hydrogen) atoms. The molecule has 1 aliphatic heterocycles. The minimum atomic E-state index is -0.449. The zero-order chi connectivity index (χ0) is 15.4. The van der Waals surface area contributed by atoms with Crippen molar-refractivity contribution < 1.29 is 14.3 Å². The predicted octanol–water partition coefficient (Wildman–Crippen LogP) is 1.39. The van der Waals surface area contributed by atoms with Crippen LogP contribution >= 0.6 is 23.4 Å². The molecule has 0 atom stereocenters. The molecular formula is C12H13ClN4O3S. The minimum absolute atomic E-state index is 0.0129. The number of amides is 2. The van der Waals surface area contributed by atoms with Crippen molar-refractivity contribution in [2.75, 3.05) is 27.2 Å². The molecule has 0 unspecified atom stereocenters. The molecule has 2 rings (SSSR count). The number of carbonyl (C=O) groups excluding carboxylic acids is 2. The molecule has 1 saturated heterocycles. The van der Waals surface area contributed by atoms with Crippen molar-refractivity contribution in [3.05, 3.63) is 21.9 Å². The van der Waals surface area contributed by atoms with Gasteiger partial charge in [-0.15, -0.1) is 0 Å². The summed E-state index contributed by atoms with van der Waals surface area (Å²) in [6.45, 7) is 1.18. The molecule has 112 valence electrons. The third-order valence-corrected chi connectivity index (χ3v) is 3.38. The number of nitrogens with one attached hydrogen (secondary N) is 1. The molecule has 1 fully saturated rings. The highest BCUT2D eigenvalue weighted by Gasteiger charge is 2.25. The van der Waals surface area contributed by atoms with Crippen LogP contribution < -0.4 is 10.1 Å². The molecule has 0 saturated carbocycles. The van der Waals surface area contributed by atoms with E-state index in [-0.39, 0.29) is 10.2 Å². The number of likely N-dealkylation sites (N-methyl/N-ethyl adjacent to an activating group) is 1. The molecule has 1 aliphatic rings. The fourth-order valence-corrected chi connectivity index (χ4v) is 2.30. The summed E-state index contributed by atoms with van der Waals surface area (Å²) in [6, 6.07) is 1.56.